The normalized spacial score (nSPS) is 14.6. The van der Waals surface area contributed by atoms with Gasteiger partial charge in [0.2, 0.25) is 5.91 Å². The van der Waals surface area contributed by atoms with Gasteiger partial charge in [0.25, 0.3) is 5.91 Å². The lowest BCUT2D eigenvalue weighted by Gasteiger charge is -2.25. The molecule has 0 saturated heterocycles. The second-order valence-corrected chi connectivity index (χ2v) is 7.86. The predicted molar refractivity (Wildman–Crippen MR) is 125 cm³/mol. The maximum absolute atomic E-state index is 13.4. The highest BCUT2D eigenvalue weighted by atomic mass is 19.1. The van der Waals surface area contributed by atoms with Crippen LogP contribution in [0.15, 0.2) is 85.1 Å². The van der Waals surface area contributed by atoms with Crippen LogP contribution >= 0.6 is 0 Å². The molecule has 1 aromatic heterocycles. The molecule has 7 nitrogen and oxygen atoms in total. The molecule has 3 aromatic carbocycles. The second kappa shape index (κ2) is 9.19. The van der Waals surface area contributed by atoms with E-state index in [0.29, 0.717) is 17.1 Å². The van der Waals surface area contributed by atoms with Crippen LogP contribution in [0.1, 0.15) is 12.0 Å². The van der Waals surface area contributed by atoms with Gasteiger partial charge in [-0.1, -0.05) is 30.3 Å². The number of aromatic nitrogens is 2. The van der Waals surface area contributed by atoms with E-state index in [1.165, 1.54) is 12.1 Å². The molecule has 0 saturated carbocycles. The summed E-state index contributed by atoms with van der Waals surface area (Å²) >= 11 is 0. The Kier molecular flexibility index (Phi) is 5.78. The zero-order chi connectivity index (χ0) is 23.5. The van der Waals surface area contributed by atoms with Gasteiger partial charge in [0.05, 0.1) is 23.5 Å². The third-order valence-corrected chi connectivity index (χ3v) is 5.48. The minimum Gasteiger partial charge on any atom is -0.478 e. The van der Waals surface area contributed by atoms with Gasteiger partial charge in [-0.3, -0.25) is 9.59 Å². The molecule has 0 fully saturated rings. The Hall–Kier alpha value is -4.46. The van der Waals surface area contributed by atoms with Crippen molar-refractivity contribution in [3.63, 3.8) is 0 Å². The van der Waals surface area contributed by atoms with Crippen LogP contribution < -0.4 is 15.4 Å². The molecule has 2 heterocycles. The van der Waals surface area contributed by atoms with Crippen molar-refractivity contribution in [1.82, 2.24) is 15.1 Å². The maximum Gasteiger partial charge on any atom is 0.266 e. The van der Waals surface area contributed by atoms with Crippen LogP contribution in [-0.2, 0) is 16.1 Å². The van der Waals surface area contributed by atoms with Crippen molar-refractivity contribution in [2.45, 2.75) is 19.1 Å². The second-order valence-electron chi connectivity index (χ2n) is 7.86. The van der Waals surface area contributed by atoms with E-state index in [1.807, 2.05) is 36.5 Å². The smallest absolute Gasteiger partial charge is 0.266 e. The van der Waals surface area contributed by atoms with Gasteiger partial charge in [0.1, 0.15) is 11.6 Å². The Morgan fingerprint density at radius 2 is 1.76 bits per heavy atom. The monoisotopic (exact) mass is 456 g/mol. The summed E-state index contributed by atoms with van der Waals surface area (Å²) in [6.07, 6.45) is 0.784. The number of ether oxygens (including phenoxy) is 1. The van der Waals surface area contributed by atoms with Crippen molar-refractivity contribution in [3.8, 4) is 22.7 Å². The van der Waals surface area contributed by atoms with E-state index in [2.05, 4.69) is 15.7 Å². The number of nitrogens with one attached hydrogen (secondary N) is 2. The first kappa shape index (κ1) is 21.4. The van der Waals surface area contributed by atoms with Crippen LogP contribution in [0.25, 0.3) is 16.9 Å². The summed E-state index contributed by atoms with van der Waals surface area (Å²) in [4.78, 5) is 25.0. The number of nitrogens with zero attached hydrogens (tertiary/aromatic N) is 2. The fraction of sp³-hybridized carbons (Fsp3) is 0.115. The highest BCUT2D eigenvalue weighted by Gasteiger charge is 2.29. The molecule has 1 aliphatic rings. The Morgan fingerprint density at radius 3 is 2.56 bits per heavy atom. The fourth-order valence-electron chi connectivity index (χ4n) is 3.76. The first-order chi connectivity index (χ1) is 16.6. The number of carbonyl (C=O) groups excluding carboxylic acids is 2. The molecular weight excluding hydrogens is 435 g/mol. The predicted octanol–water partition coefficient (Wildman–Crippen LogP) is 4.08. The van der Waals surface area contributed by atoms with Gasteiger partial charge in [0.15, 0.2) is 6.10 Å². The van der Waals surface area contributed by atoms with E-state index in [1.54, 1.807) is 41.1 Å². The molecule has 4 aromatic rings. The minimum absolute atomic E-state index is 0.126. The number of hydrogen-bond donors (Lipinski definition) is 2. The number of anilines is 1. The molecule has 170 valence electrons. The summed E-state index contributed by atoms with van der Waals surface area (Å²) in [6.45, 7) is 0.184. The molecule has 1 atom stereocenters. The molecule has 34 heavy (non-hydrogen) atoms. The summed E-state index contributed by atoms with van der Waals surface area (Å²) < 4.78 is 20.9. The molecule has 0 aliphatic carbocycles. The molecular formula is C26H21FN4O3. The van der Waals surface area contributed by atoms with Crippen molar-refractivity contribution in [2.24, 2.45) is 0 Å². The van der Waals surface area contributed by atoms with E-state index < -0.39 is 6.10 Å². The number of amides is 2. The SMILES string of the molecule is O=C(C[C@H]1Oc2ccccc2NC1=O)NCc1cn(-c2ccccc2)nc1-c1ccc(F)cc1. The van der Waals surface area contributed by atoms with Crippen LogP contribution in [-0.4, -0.2) is 27.7 Å². The number of halogens is 1. The third-order valence-electron chi connectivity index (χ3n) is 5.48. The summed E-state index contributed by atoms with van der Waals surface area (Å²) in [5.41, 5.74) is 3.55. The topological polar surface area (TPSA) is 85.2 Å². The largest absolute Gasteiger partial charge is 0.478 e. The standard InChI is InChI=1S/C26H21FN4O3/c27-19-12-10-17(11-13-19)25-18(16-31(30-25)20-6-2-1-3-7-20)15-28-24(32)14-23-26(33)29-21-8-4-5-9-22(21)34-23/h1-13,16,23H,14-15H2,(H,28,32)(H,29,33)/t23-/m1/s1. The van der Waals surface area contributed by atoms with Crippen molar-refractivity contribution < 1.29 is 18.7 Å². The number of para-hydroxylation sites is 3. The minimum atomic E-state index is -0.918. The Balaban J connectivity index is 1.32. The van der Waals surface area contributed by atoms with Crippen LogP contribution in [0.4, 0.5) is 10.1 Å². The first-order valence-electron chi connectivity index (χ1n) is 10.8. The molecule has 0 unspecified atom stereocenters. The van der Waals surface area contributed by atoms with Gasteiger partial charge in [-0.05, 0) is 48.5 Å². The molecule has 2 N–H and O–H groups in total. The summed E-state index contributed by atoms with van der Waals surface area (Å²) in [6, 6.07) is 22.7. The number of hydrogen-bond acceptors (Lipinski definition) is 4. The zero-order valence-electron chi connectivity index (χ0n) is 18.1. The maximum atomic E-state index is 13.4. The highest BCUT2D eigenvalue weighted by molar-refractivity contribution is 5.99. The molecule has 8 heteroatoms. The van der Waals surface area contributed by atoms with Gasteiger partial charge in [0, 0.05) is 23.9 Å². The van der Waals surface area contributed by atoms with E-state index in [-0.39, 0.29) is 30.6 Å². The van der Waals surface area contributed by atoms with E-state index >= 15 is 0 Å². The Morgan fingerprint density at radius 1 is 1.03 bits per heavy atom. The highest BCUT2D eigenvalue weighted by Crippen LogP contribution is 2.29. The summed E-state index contributed by atoms with van der Waals surface area (Å²) in [5.74, 6) is -0.508. The van der Waals surface area contributed by atoms with E-state index in [9.17, 15) is 14.0 Å². The quantitative estimate of drug-likeness (QED) is 0.458. The molecule has 1 aliphatic heterocycles. The van der Waals surface area contributed by atoms with Crippen LogP contribution in [0, 0.1) is 5.82 Å². The van der Waals surface area contributed by atoms with Gasteiger partial charge < -0.3 is 15.4 Å². The number of rotatable bonds is 6. The van der Waals surface area contributed by atoms with Gasteiger partial charge in [-0.15, -0.1) is 0 Å². The van der Waals surface area contributed by atoms with Crippen LogP contribution in [0.2, 0.25) is 0 Å². The van der Waals surface area contributed by atoms with Crippen molar-refractivity contribution in [1.29, 1.82) is 0 Å². The average Bonchev–Trinajstić information content (AvgIpc) is 3.28. The van der Waals surface area contributed by atoms with Gasteiger partial charge in [-0.2, -0.15) is 5.10 Å². The molecule has 2 amide bonds. The zero-order valence-corrected chi connectivity index (χ0v) is 18.1. The van der Waals surface area contributed by atoms with Crippen molar-refractivity contribution >= 4 is 17.5 Å². The lowest BCUT2D eigenvalue weighted by molar-refractivity contribution is -0.130. The lowest BCUT2D eigenvalue weighted by atomic mass is 10.1. The Labute approximate surface area is 195 Å². The number of fused-ring (bicyclic) bond motifs is 1. The van der Waals surface area contributed by atoms with E-state index in [4.69, 9.17) is 4.74 Å². The first-order valence-corrected chi connectivity index (χ1v) is 10.8. The van der Waals surface area contributed by atoms with Gasteiger partial charge in [-0.25, -0.2) is 9.07 Å². The van der Waals surface area contributed by atoms with Crippen molar-refractivity contribution in [3.05, 3.63) is 96.4 Å². The molecule has 5 rings (SSSR count). The number of carbonyl (C=O) groups is 2. The van der Waals surface area contributed by atoms with Crippen molar-refractivity contribution in [2.75, 3.05) is 5.32 Å². The molecule has 0 bridgehead atoms. The summed E-state index contributed by atoms with van der Waals surface area (Å²) in [7, 11) is 0. The third kappa shape index (κ3) is 4.52. The molecule has 0 spiro atoms. The average molecular weight is 456 g/mol. The Bertz CT molecular complexity index is 1340. The van der Waals surface area contributed by atoms with E-state index in [0.717, 1.165) is 16.8 Å². The van der Waals surface area contributed by atoms with Gasteiger partial charge >= 0.3 is 0 Å². The van der Waals surface area contributed by atoms with Crippen LogP contribution in [0.3, 0.4) is 0 Å². The lowest BCUT2D eigenvalue weighted by Crippen LogP contribution is -2.40. The number of benzene rings is 3. The fourth-order valence-corrected chi connectivity index (χ4v) is 3.76. The molecule has 0 radical (unpaired) electrons. The summed E-state index contributed by atoms with van der Waals surface area (Å²) in [5, 5.41) is 10.3. The van der Waals surface area contributed by atoms with Crippen LogP contribution in [0.5, 0.6) is 5.75 Å².